The molecule has 2 aromatic heterocycles. The minimum atomic E-state index is -0.743. The zero-order valence-electron chi connectivity index (χ0n) is 72.8. The van der Waals surface area contributed by atoms with Gasteiger partial charge in [0.25, 0.3) is 0 Å². The molecule has 3 amide bonds. The first kappa shape index (κ1) is 105. The standard InChI is InChI=1S/C31H40BN3O4.C25H28BrN3O2.C25H28BrNO5.C14H10Br2O.I3.I2.HI/c1-20-9-18-26(35(20)28(36)37-29(2,3)4)27-33-19-25(34-27)23-12-10-21(11-13-23)22-14-16-24(17-15-22)32-38-30(5,6)31(7,8)39-32;1-16-5-14-22(29(16)24(30)31-25(2,3)4)23-27-15-21(28-23)19-8-6-17(7-9-19)18-10-12-20(26)13-11-18;1-16-5-14-21(27(16)24(30)32-25(2,3)4)23(29)31-15-22(28)19-8-6-17(7-9-19)18-10-12-20(26)13-11-18;15-9-14(17)12-3-1-10(2-4-12)11-5-7-13(16)8-6-11;1-3-2;1-2;/h10-17,19-20,26H,9,18H2,1-8H3,(H,33,34);6-13,15-16,22H,5,14H2,1-4H3,(H,27,28);6-13,16,21H,5,14-15H2,1-4H3;1-8H,9H2;;;1H/q;;;;-1;;/t20-,26-;16-,22-;16-,21-;;;;/m000..../s1. The fourth-order valence-corrected chi connectivity index (χ4v) is 15.5. The smallest absolute Gasteiger partial charge is 0.173 e. The van der Waals surface area contributed by atoms with Crippen molar-refractivity contribution in [2.45, 2.75) is 214 Å². The first-order valence-corrected chi connectivity index (χ1v) is 63.1. The van der Waals surface area contributed by atoms with E-state index in [0.717, 1.165) is 123 Å². The van der Waals surface area contributed by atoms with Crippen molar-refractivity contribution in [3.63, 3.8) is 0 Å². The van der Waals surface area contributed by atoms with Crippen molar-refractivity contribution in [2.24, 2.45) is 0 Å². The van der Waals surface area contributed by atoms with E-state index in [2.05, 4.69) is 285 Å². The number of nitrogens with one attached hydrogen (secondary N) is 2. The van der Waals surface area contributed by atoms with Crippen LogP contribution in [0.5, 0.6) is 0 Å². The largest absolute Gasteiger partial charge is 0.293 e. The van der Waals surface area contributed by atoms with Crippen molar-refractivity contribution in [1.29, 1.82) is 0 Å². The predicted molar refractivity (Wildman–Crippen MR) is 556 cm³/mol. The Kier molecular flexibility index (Phi) is 40.5. The number of aromatic nitrogens is 4. The van der Waals surface area contributed by atoms with E-state index in [9.17, 15) is 28.8 Å². The van der Waals surface area contributed by atoms with Crippen LogP contribution in [0.2, 0.25) is 0 Å². The Labute approximate surface area is 840 Å². The fraction of sp³-hybridized carbons (Fsp3) is 0.368. The van der Waals surface area contributed by atoms with Crippen LogP contribution in [0, 0.1) is 0 Å². The number of ether oxygens (including phenoxy) is 4. The van der Waals surface area contributed by atoms with Gasteiger partial charge >= 0.3 is 81.9 Å². The molecule has 0 radical (unpaired) electrons. The van der Waals surface area contributed by atoms with Crippen LogP contribution in [-0.4, -0.2) is 142 Å². The molecule has 4 aliphatic heterocycles. The topological polar surface area (TPSA) is 225 Å². The van der Waals surface area contributed by atoms with Gasteiger partial charge in [0.05, 0.1) is 52.4 Å². The minimum absolute atomic E-state index is 0. The molecule has 2 N–H and O–H groups in total. The number of likely N-dealkylation sites (tertiary alicyclic amines) is 3. The van der Waals surface area contributed by atoms with E-state index in [1.807, 2.05) is 168 Å². The van der Waals surface area contributed by atoms with Crippen LogP contribution in [0.3, 0.4) is 0 Å². The zero-order valence-corrected chi connectivity index (χ0v) is 92.2. The number of esters is 1. The molecule has 668 valence electrons. The summed E-state index contributed by atoms with van der Waals surface area (Å²) in [5.41, 5.74) is 12.6. The predicted octanol–water partition coefficient (Wildman–Crippen LogP) is 25.0. The number of rotatable bonds is 15. The van der Waals surface area contributed by atoms with Gasteiger partial charge in [0.15, 0.2) is 18.2 Å². The molecule has 0 bridgehead atoms. The second-order valence-electron chi connectivity index (χ2n) is 34.5. The number of halogens is 10. The molecule has 6 atom stereocenters. The fourth-order valence-electron chi connectivity index (χ4n) is 14.4. The summed E-state index contributed by atoms with van der Waals surface area (Å²) >= 11 is 23.0. The summed E-state index contributed by atoms with van der Waals surface area (Å²) in [6, 6.07) is 63.5. The normalized spacial score (nSPS) is 18.0. The van der Waals surface area contributed by atoms with E-state index in [1.165, 1.54) is 10.5 Å². The number of amides is 3. The summed E-state index contributed by atoms with van der Waals surface area (Å²) in [7, 11) is -0.366. The molecule has 125 heavy (non-hydrogen) atoms. The third-order valence-corrected chi connectivity index (χ3v) is 23.6. The molecule has 30 heteroatoms. The number of hydrogen-bond donors (Lipinski definition) is 2. The van der Waals surface area contributed by atoms with Gasteiger partial charge < -0.3 is 38.2 Å². The molecular formula is C95H107BBr4I6N7O12-. The number of benzene rings is 8. The van der Waals surface area contributed by atoms with Crippen LogP contribution in [-0.2, 0) is 33.1 Å². The molecule has 0 saturated carbocycles. The van der Waals surface area contributed by atoms with Gasteiger partial charge in [-0.15, -0.1) is 24.0 Å². The summed E-state index contributed by atoms with van der Waals surface area (Å²) < 4.78 is 37.5. The van der Waals surface area contributed by atoms with Crippen molar-refractivity contribution in [3.05, 3.63) is 243 Å². The Balaban J connectivity index is 0.000000208. The van der Waals surface area contributed by atoms with Crippen LogP contribution in [0.15, 0.2) is 220 Å². The number of imidazole rings is 2. The molecule has 19 nitrogen and oxygen atoms in total. The molecular weight excluding hydrogens is 2520 g/mol. The van der Waals surface area contributed by atoms with Crippen LogP contribution in [0.1, 0.15) is 194 Å². The van der Waals surface area contributed by atoms with Gasteiger partial charge in [0, 0.05) is 79.9 Å². The SMILES string of the molecule is C[C@H]1CC[C@@H](C(=O)OCC(=O)c2ccc(-c3ccc(Br)cc3)cc2)N1C(=O)OC(C)(C)C.C[C@H]1CC[C@@H](c2ncc(-c3ccc(-c4ccc(B5OC(C)(C)C(C)(C)O5)cc4)cc3)[nH]2)N1C(=O)OC(C)(C)C.C[C@H]1CC[C@@H](c2ncc(-c3ccc(-c4ccc(Br)cc4)cc3)[nH]2)N1C(=O)OC(C)(C)C.I.II.I[I-]I.O=C(CBr)c1ccc(-c2ccc(Br)cc2)cc1. The van der Waals surface area contributed by atoms with Crippen molar-refractivity contribution < 1.29 is 70.3 Å². The number of carbonyl (C=O) groups is 6. The molecule has 10 aromatic rings. The Morgan fingerprint density at radius 2 is 0.712 bits per heavy atom. The number of ketones is 2. The molecule has 4 fully saturated rings. The number of alkyl halides is 1. The molecule has 4 saturated heterocycles. The maximum atomic E-state index is 12.9. The van der Waals surface area contributed by atoms with E-state index in [0.29, 0.717) is 37.0 Å². The van der Waals surface area contributed by atoms with E-state index in [1.54, 1.807) is 32.9 Å². The summed E-state index contributed by atoms with van der Waals surface area (Å²) in [6.07, 6.45) is 7.32. The number of Topliss-reactive ketones (excluding diaryl/α,β-unsaturated/α-hetero) is 2. The number of hydrogen-bond acceptors (Lipinski definition) is 14. The quantitative estimate of drug-likeness (QED) is 0.0243. The maximum absolute atomic E-state index is 12.9. The Hall–Kier alpha value is -4.92. The molecule has 0 spiro atoms. The Bertz CT molecular complexity index is 5180. The first-order chi connectivity index (χ1) is 58.6. The number of nitrogens with zero attached hydrogens (tertiary/aromatic N) is 5. The molecule has 6 heterocycles. The molecule has 0 aliphatic carbocycles. The average molecular weight is 2630 g/mol. The summed E-state index contributed by atoms with van der Waals surface area (Å²) in [5.74, 6) is 0.827. The molecule has 8 aromatic carbocycles. The van der Waals surface area contributed by atoms with Gasteiger partial charge in [-0.1, -0.05) is 221 Å². The number of carbonyl (C=O) groups excluding carboxylic acids is 6. The van der Waals surface area contributed by atoms with Gasteiger partial charge in [-0.2, -0.15) is 0 Å². The minimum Gasteiger partial charge on any atom is -0.293 e. The number of aromatic amines is 2. The Morgan fingerprint density at radius 1 is 0.440 bits per heavy atom. The van der Waals surface area contributed by atoms with Crippen LogP contribution in [0.25, 0.3) is 67.0 Å². The molecule has 0 unspecified atom stereocenters. The molecule has 14 rings (SSSR count). The summed E-state index contributed by atoms with van der Waals surface area (Å²) in [6.45, 7) is 30.6. The maximum Gasteiger partial charge on any atom is 0.173 e. The van der Waals surface area contributed by atoms with E-state index in [4.69, 9.17) is 28.3 Å². The van der Waals surface area contributed by atoms with Gasteiger partial charge in [0.2, 0.25) is 0 Å². The van der Waals surface area contributed by atoms with E-state index >= 15 is 0 Å². The summed E-state index contributed by atoms with van der Waals surface area (Å²) in [5, 5.41) is 0.366. The van der Waals surface area contributed by atoms with Crippen LogP contribution in [0.4, 0.5) is 14.4 Å². The van der Waals surface area contributed by atoms with Crippen molar-refractivity contribution in [3.8, 4) is 67.0 Å². The third-order valence-electron chi connectivity index (χ3n) is 21.5. The molecule has 4 aliphatic rings. The monoisotopic (exact) mass is 2630 g/mol. The Morgan fingerprint density at radius 3 is 1.03 bits per heavy atom. The van der Waals surface area contributed by atoms with Gasteiger partial charge in [-0.05, 0) is 247 Å². The first-order valence-electron chi connectivity index (χ1n) is 40.7. The van der Waals surface area contributed by atoms with Crippen molar-refractivity contribution in [2.75, 3.05) is 11.9 Å². The zero-order chi connectivity index (χ0) is 90.8. The second-order valence-corrected chi connectivity index (χ2v) is 54.1. The summed E-state index contributed by atoms with van der Waals surface area (Å²) in [4.78, 5) is 96.1. The van der Waals surface area contributed by atoms with Gasteiger partial charge in [-0.25, -0.2) is 29.1 Å². The van der Waals surface area contributed by atoms with Gasteiger partial charge in [0.1, 0.15) is 34.5 Å². The van der Waals surface area contributed by atoms with E-state index in [-0.39, 0.29) is 103 Å². The number of H-pyrrole nitrogens is 2. The second kappa shape index (κ2) is 48.0. The van der Waals surface area contributed by atoms with E-state index < -0.39 is 34.9 Å². The van der Waals surface area contributed by atoms with Crippen molar-refractivity contribution in [1.82, 2.24) is 34.6 Å². The average Bonchev–Trinajstić information content (AvgIpc) is 1.65. The van der Waals surface area contributed by atoms with Crippen LogP contribution >= 0.6 is 162 Å². The van der Waals surface area contributed by atoms with Gasteiger partial charge in [-0.3, -0.25) is 24.3 Å². The third kappa shape index (κ3) is 30.0. The van der Waals surface area contributed by atoms with Crippen LogP contribution < -0.4 is 18.7 Å². The van der Waals surface area contributed by atoms with Crippen molar-refractivity contribution >= 4 is 211 Å².